The number of rotatable bonds is 6. The molecule has 2 aromatic heterocycles. The van der Waals surface area contributed by atoms with Crippen LogP contribution in [0, 0.1) is 0 Å². The maximum Gasteiger partial charge on any atom is 0.0715 e. The molecule has 0 saturated carbocycles. The Bertz CT molecular complexity index is 443. The first-order valence-electron chi connectivity index (χ1n) is 6.06. The number of hydrogen-bond acceptors (Lipinski definition) is 4. The van der Waals surface area contributed by atoms with E-state index in [4.69, 9.17) is 0 Å². The van der Waals surface area contributed by atoms with Crippen molar-refractivity contribution in [3.05, 3.63) is 44.8 Å². The van der Waals surface area contributed by atoms with Crippen molar-refractivity contribution in [1.29, 1.82) is 0 Å². The maximum absolute atomic E-state index is 9.83. The first-order valence-corrected chi connectivity index (χ1v) is 7.82. The fraction of sp³-hybridized carbons (Fsp3) is 0.429. The van der Waals surface area contributed by atoms with Gasteiger partial charge in [0.05, 0.1) is 5.60 Å². The smallest absolute Gasteiger partial charge is 0.0715 e. The van der Waals surface area contributed by atoms with Crippen LogP contribution in [0.4, 0.5) is 0 Å². The molecule has 0 aliphatic carbocycles. The molecule has 0 bridgehead atoms. The Morgan fingerprint density at radius 1 is 1.22 bits per heavy atom. The van der Waals surface area contributed by atoms with Gasteiger partial charge in [-0.2, -0.15) is 0 Å². The van der Waals surface area contributed by atoms with E-state index in [9.17, 15) is 5.11 Å². The van der Waals surface area contributed by atoms with Crippen LogP contribution in [0.15, 0.2) is 35.0 Å². The van der Waals surface area contributed by atoms with Crippen molar-refractivity contribution >= 4 is 22.7 Å². The first-order chi connectivity index (χ1) is 8.54. The van der Waals surface area contributed by atoms with Gasteiger partial charge in [0.2, 0.25) is 0 Å². The van der Waals surface area contributed by atoms with Gasteiger partial charge >= 0.3 is 0 Å². The van der Waals surface area contributed by atoms with Crippen molar-refractivity contribution in [1.82, 2.24) is 5.32 Å². The van der Waals surface area contributed by atoms with Gasteiger partial charge in [0.15, 0.2) is 0 Å². The average Bonchev–Trinajstić information content (AvgIpc) is 2.95. The summed E-state index contributed by atoms with van der Waals surface area (Å²) in [5.74, 6) is 0. The van der Waals surface area contributed by atoms with Crippen molar-refractivity contribution in [2.45, 2.75) is 31.9 Å². The first kappa shape index (κ1) is 13.7. The molecule has 1 unspecified atom stereocenters. The summed E-state index contributed by atoms with van der Waals surface area (Å²) in [6.07, 6.45) is 0.980. The van der Waals surface area contributed by atoms with Gasteiger partial charge in [-0.1, -0.05) is 12.1 Å². The summed E-state index contributed by atoms with van der Waals surface area (Å²) in [5, 5.41) is 17.5. The third kappa shape index (κ3) is 4.21. The molecule has 0 amide bonds. The fourth-order valence-electron chi connectivity index (χ4n) is 1.77. The standard InChI is InChI=1S/C14H19NOS2/c1-14(2,16)10-15-12(13-6-4-8-18-13)9-11-5-3-7-17-11/h3-8,12,15-16H,9-10H2,1-2H3. The van der Waals surface area contributed by atoms with Crippen LogP contribution in [0.1, 0.15) is 29.6 Å². The summed E-state index contributed by atoms with van der Waals surface area (Å²) in [6.45, 7) is 4.26. The molecule has 0 radical (unpaired) electrons. The van der Waals surface area contributed by atoms with Gasteiger partial charge < -0.3 is 10.4 Å². The molecule has 2 heterocycles. The minimum absolute atomic E-state index is 0.287. The minimum Gasteiger partial charge on any atom is -0.389 e. The highest BCUT2D eigenvalue weighted by Crippen LogP contribution is 2.25. The molecule has 2 N–H and O–H groups in total. The summed E-state index contributed by atoms with van der Waals surface area (Å²) in [5.41, 5.74) is -0.676. The Kier molecular flexibility index (Phi) is 4.56. The molecule has 2 nitrogen and oxygen atoms in total. The van der Waals surface area contributed by atoms with Gasteiger partial charge in [0, 0.05) is 28.8 Å². The predicted octanol–water partition coefficient (Wildman–Crippen LogP) is 3.45. The molecule has 0 saturated heterocycles. The molecule has 4 heteroatoms. The monoisotopic (exact) mass is 281 g/mol. The summed E-state index contributed by atoms with van der Waals surface area (Å²) in [4.78, 5) is 2.70. The molecule has 0 aromatic carbocycles. The molecule has 18 heavy (non-hydrogen) atoms. The van der Waals surface area contributed by atoms with E-state index in [1.54, 1.807) is 22.7 Å². The lowest BCUT2D eigenvalue weighted by Gasteiger charge is -2.23. The van der Waals surface area contributed by atoms with Crippen LogP contribution in [0.2, 0.25) is 0 Å². The Morgan fingerprint density at radius 3 is 2.50 bits per heavy atom. The van der Waals surface area contributed by atoms with Gasteiger partial charge in [-0.25, -0.2) is 0 Å². The number of nitrogens with one attached hydrogen (secondary N) is 1. The zero-order chi connectivity index (χ0) is 13.0. The molecule has 2 rings (SSSR count). The topological polar surface area (TPSA) is 32.3 Å². The normalized spacial score (nSPS) is 13.7. The highest BCUT2D eigenvalue weighted by atomic mass is 32.1. The number of aliphatic hydroxyl groups is 1. The predicted molar refractivity (Wildman–Crippen MR) is 79.4 cm³/mol. The molecule has 2 aromatic rings. The maximum atomic E-state index is 9.83. The van der Waals surface area contributed by atoms with Crippen LogP contribution in [-0.4, -0.2) is 17.3 Å². The molecule has 0 aliphatic heterocycles. The molecular formula is C14H19NOS2. The average molecular weight is 281 g/mol. The number of thiophene rings is 2. The van der Waals surface area contributed by atoms with Crippen LogP contribution < -0.4 is 5.32 Å². The molecule has 98 valence electrons. The van der Waals surface area contributed by atoms with Crippen LogP contribution in [0.3, 0.4) is 0 Å². The van der Waals surface area contributed by atoms with Crippen molar-refractivity contribution < 1.29 is 5.11 Å². The lowest BCUT2D eigenvalue weighted by molar-refractivity contribution is 0.0765. The Labute approximate surface area is 116 Å². The third-order valence-corrected chi connectivity index (χ3v) is 4.54. The summed E-state index contributed by atoms with van der Waals surface area (Å²) < 4.78 is 0. The molecular weight excluding hydrogens is 262 g/mol. The van der Waals surface area contributed by atoms with E-state index in [1.807, 2.05) is 13.8 Å². The lowest BCUT2D eigenvalue weighted by Crippen LogP contribution is -2.37. The SMILES string of the molecule is CC(C)(O)CNC(Cc1cccs1)c1cccs1. The largest absolute Gasteiger partial charge is 0.389 e. The molecule has 0 fully saturated rings. The van der Waals surface area contributed by atoms with Crippen LogP contribution >= 0.6 is 22.7 Å². The van der Waals surface area contributed by atoms with Crippen molar-refractivity contribution in [2.75, 3.05) is 6.54 Å². The van der Waals surface area contributed by atoms with Gasteiger partial charge in [-0.3, -0.25) is 0 Å². The van der Waals surface area contributed by atoms with E-state index in [1.165, 1.54) is 9.75 Å². The van der Waals surface area contributed by atoms with E-state index < -0.39 is 5.60 Å². The van der Waals surface area contributed by atoms with E-state index in [0.717, 1.165) is 6.42 Å². The van der Waals surface area contributed by atoms with Crippen molar-refractivity contribution in [3.63, 3.8) is 0 Å². The van der Waals surface area contributed by atoms with Crippen LogP contribution in [-0.2, 0) is 6.42 Å². The van der Waals surface area contributed by atoms with Crippen molar-refractivity contribution in [2.24, 2.45) is 0 Å². The molecule has 1 atom stereocenters. The highest BCUT2D eigenvalue weighted by Gasteiger charge is 2.18. The minimum atomic E-state index is -0.676. The van der Waals surface area contributed by atoms with Crippen molar-refractivity contribution in [3.8, 4) is 0 Å². The van der Waals surface area contributed by atoms with Gasteiger partial charge in [0.25, 0.3) is 0 Å². The van der Waals surface area contributed by atoms with E-state index in [-0.39, 0.29) is 6.04 Å². The third-order valence-electron chi connectivity index (χ3n) is 2.65. The van der Waals surface area contributed by atoms with E-state index >= 15 is 0 Å². The Hall–Kier alpha value is -0.680. The quantitative estimate of drug-likeness (QED) is 0.850. The zero-order valence-corrected chi connectivity index (χ0v) is 12.4. The van der Waals surface area contributed by atoms with E-state index in [0.29, 0.717) is 6.54 Å². The Balaban J connectivity index is 2.04. The number of hydrogen-bond donors (Lipinski definition) is 2. The molecule has 0 spiro atoms. The highest BCUT2D eigenvalue weighted by molar-refractivity contribution is 7.10. The van der Waals surface area contributed by atoms with E-state index in [2.05, 4.69) is 40.3 Å². The van der Waals surface area contributed by atoms with Crippen LogP contribution in [0.25, 0.3) is 0 Å². The van der Waals surface area contributed by atoms with Gasteiger partial charge in [-0.05, 0) is 36.7 Å². The lowest BCUT2D eigenvalue weighted by atomic mass is 10.1. The zero-order valence-electron chi connectivity index (χ0n) is 10.7. The summed E-state index contributed by atoms with van der Waals surface area (Å²) in [7, 11) is 0. The fourth-order valence-corrected chi connectivity index (χ4v) is 3.32. The Morgan fingerprint density at radius 2 is 1.94 bits per heavy atom. The van der Waals surface area contributed by atoms with Gasteiger partial charge in [-0.15, -0.1) is 22.7 Å². The van der Waals surface area contributed by atoms with Crippen LogP contribution in [0.5, 0.6) is 0 Å². The second kappa shape index (κ2) is 5.97. The summed E-state index contributed by atoms with van der Waals surface area (Å²) in [6, 6.07) is 8.77. The molecule has 0 aliphatic rings. The second-order valence-corrected chi connectivity index (χ2v) is 7.06. The summed E-state index contributed by atoms with van der Waals surface area (Å²) >= 11 is 3.55. The van der Waals surface area contributed by atoms with Gasteiger partial charge in [0.1, 0.15) is 0 Å². The second-order valence-electron chi connectivity index (χ2n) is 5.04.